The van der Waals surface area contributed by atoms with Crippen molar-refractivity contribution in [3.8, 4) is 11.6 Å². The molecule has 5 rings (SSSR count). The normalized spacial score (nSPS) is 22.6. The Morgan fingerprint density at radius 3 is 2.21 bits per heavy atom. The van der Waals surface area contributed by atoms with Crippen LogP contribution in [-0.4, -0.2) is 43.0 Å². The molecule has 2 fully saturated rings. The van der Waals surface area contributed by atoms with E-state index >= 15 is 0 Å². The number of hydrogen-bond donors (Lipinski definition) is 1. The minimum Gasteiger partial charge on any atom is -0.478 e. The summed E-state index contributed by atoms with van der Waals surface area (Å²) in [6.45, 7) is 4.32. The number of carbonyl (C=O) groups excluding carboxylic acids is 1. The summed E-state index contributed by atoms with van der Waals surface area (Å²) in [6, 6.07) is 4.82. The summed E-state index contributed by atoms with van der Waals surface area (Å²) in [7, 11) is 0. The van der Waals surface area contributed by atoms with Gasteiger partial charge >= 0.3 is 12.1 Å². The van der Waals surface area contributed by atoms with E-state index in [1.807, 2.05) is 0 Å². The zero-order valence-corrected chi connectivity index (χ0v) is 24.3. The number of carboxylic acids is 1. The first-order chi connectivity index (χ1) is 20.5. The zero-order chi connectivity index (χ0) is 30.7. The molecule has 2 aliphatic rings. The van der Waals surface area contributed by atoms with Gasteiger partial charge in [0.2, 0.25) is 11.8 Å². The van der Waals surface area contributed by atoms with Gasteiger partial charge in [-0.2, -0.15) is 28.2 Å². The summed E-state index contributed by atoms with van der Waals surface area (Å²) in [4.78, 5) is 33.3. The lowest BCUT2D eigenvalue weighted by Crippen LogP contribution is -2.46. The van der Waals surface area contributed by atoms with Crippen molar-refractivity contribution in [3.05, 3.63) is 59.5 Å². The lowest BCUT2D eigenvalue weighted by atomic mass is 9.81. The summed E-state index contributed by atoms with van der Waals surface area (Å²) >= 11 is 0. The Kier molecular flexibility index (Phi) is 9.03. The molecule has 1 N–H and O–H groups in total. The molecule has 9 nitrogen and oxygen atoms in total. The number of halogens is 3. The average Bonchev–Trinajstić information content (AvgIpc) is 3.48. The summed E-state index contributed by atoms with van der Waals surface area (Å²) in [6.07, 6.45) is 6.03. The van der Waals surface area contributed by atoms with Crippen LogP contribution in [0.3, 0.4) is 0 Å². The lowest BCUT2D eigenvalue weighted by molar-refractivity contribution is -0.139. The summed E-state index contributed by atoms with van der Waals surface area (Å²) in [5, 5.41) is 18.0. The molecule has 12 heteroatoms. The first kappa shape index (κ1) is 30.5. The molecule has 230 valence electrons. The first-order valence-corrected chi connectivity index (χ1v) is 14.8. The first-order valence-electron chi connectivity index (χ1n) is 14.8. The van der Waals surface area contributed by atoms with E-state index in [4.69, 9.17) is 4.74 Å². The Labute approximate surface area is 248 Å². The molecule has 1 aromatic carbocycles. The largest absolute Gasteiger partial charge is 0.478 e. The van der Waals surface area contributed by atoms with Crippen LogP contribution in [0.5, 0.6) is 11.6 Å². The highest BCUT2D eigenvalue weighted by molar-refractivity contribution is 6.03. The van der Waals surface area contributed by atoms with E-state index in [-0.39, 0.29) is 47.0 Å². The lowest BCUT2D eigenvalue weighted by Gasteiger charge is -2.39. The molecule has 3 aromatic rings. The SMILES string of the molecule is CC1CCC(N(c2ccc(Oc3ncc(Cn4nccn4)cc3C(F)(F)F)cc2C(=O)O)C(=O)[C@H]2CC[C@H](C)CC2)CC1. The summed E-state index contributed by atoms with van der Waals surface area (Å²) in [5.74, 6) is -1.34. The second-order valence-corrected chi connectivity index (χ2v) is 11.9. The maximum absolute atomic E-state index is 14.0. The minimum atomic E-state index is -4.79. The minimum absolute atomic E-state index is 0.0229. The molecule has 2 aliphatic carbocycles. The van der Waals surface area contributed by atoms with Crippen molar-refractivity contribution in [2.75, 3.05) is 4.90 Å². The molecular weight excluding hydrogens is 563 g/mol. The second kappa shape index (κ2) is 12.7. The fourth-order valence-electron chi connectivity index (χ4n) is 6.13. The van der Waals surface area contributed by atoms with Gasteiger partial charge in [-0.15, -0.1) is 0 Å². The summed E-state index contributed by atoms with van der Waals surface area (Å²) < 4.78 is 47.6. The molecule has 43 heavy (non-hydrogen) atoms. The predicted octanol–water partition coefficient (Wildman–Crippen LogP) is 6.97. The van der Waals surface area contributed by atoms with E-state index in [2.05, 4.69) is 29.0 Å². The maximum Gasteiger partial charge on any atom is 0.421 e. The Hall–Kier alpha value is -3.96. The van der Waals surface area contributed by atoms with Crippen molar-refractivity contribution in [2.24, 2.45) is 17.8 Å². The topological polar surface area (TPSA) is 110 Å². The third kappa shape index (κ3) is 7.17. The number of aromatic nitrogens is 4. The van der Waals surface area contributed by atoms with Crippen LogP contribution in [0.4, 0.5) is 18.9 Å². The van der Waals surface area contributed by atoms with Crippen LogP contribution in [-0.2, 0) is 17.5 Å². The van der Waals surface area contributed by atoms with E-state index in [0.29, 0.717) is 11.8 Å². The van der Waals surface area contributed by atoms with Gasteiger partial charge in [0, 0.05) is 18.2 Å². The van der Waals surface area contributed by atoms with E-state index < -0.39 is 23.6 Å². The number of carboxylic acid groups (broad SMARTS) is 1. The summed E-state index contributed by atoms with van der Waals surface area (Å²) in [5.41, 5.74) is -0.860. The van der Waals surface area contributed by atoms with Crippen LogP contribution in [0.15, 0.2) is 42.9 Å². The monoisotopic (exact) mass is 599 g/mol. The molecule has 0 saturated heterocycles. The number of alkyl halides is 3. The molecule has 0 unspecified atom stereocenters. The van der Waals surface area contributed by atoms with Crippen LogP contribution >= 0.6 is 0 Å². The average molecular weight is 600 g/mol. The van der Waals surface area contributed by atoms with Crippen LogP contribution in [0.2, 0.25) is 0 Å². The molecule has 1 amide bonds. The molecule has 2 saturated carbocycles. The quantitative estimate of drug-likeness (QED) is 0.298. The third-order valence-electron chi connectivity index (χ3n) is 8.63. The molecule has 0 spiro atoms. The van der Waals surface area contributed by atoms with E-state index in [1.54, 1.807) is 4.90 Å². The molecule has 0 bridgehead atoms. The highest BCUT2D eigenvalue weighted by atomic mass is 19.4. The number of anilines is 1. The Balaban J connectivity index is 1.47. The highest BCUT2D eigenvalue weighted by Crippen LogP contribution is 2.40. The van der Waals surface area contributed by atoms with Crippen molar-refractivity contribution in [1.82, 2.24) is 20.0 Å². The number of amides is 1. The Morgan fingerprint density at radius 1 is 0.977 bits per heavy atom. The molecule has 0 aliphatic heterocycles. The van der Waals surface area contributed by atoms with E-state index in [9.17, 15) is 27.9 Å². The number of rotatable bonds is 8. The van der Waals surface area contributed by atoms with Crippen LogP contribution < -0.4 is 9.64 Å². The third-order valence-corrected chi connectivity index (χ3v) is 8.63. The Morgan fingerprint density at radius 2 is 1.60 bits per heavy atom. The molecular formula is C31H36F3N5O4. The van der Waals surface area contributed by atoms with Gasteiger partial charge in [-0.1, -0.05) is 13.8 Å². The van der Waals surface area contributed by atoms with Gasteiger partial charge in [0.15, 0.2) is 0 Å². The van der Waals surface area contributed by atoms with Gasteiger partial charge in [-0.05, 0) is 93.0 Å². The van der Waals surface area contributed by atoms with Crippen molar-refractivity contribution < 1.29 is 32.6 Å². The van der Waals surface area contributed by atoms with Crippen LogP contribution in [0.25, 0.3) is 0 Å². The van der Waals surface area contributed by atoms with Gasteiger partial charge in [0.25, 0.3) is 0 Å². The van der Waals surface area contributed by atoms with Crippen molar-refractivity contribution in [3.63, 3.8) is 0 Å². The van der Waals surface area contributed by atoms with Gasteiger partial charge in [-0.25, -0.2) is 9.78 Å². The van der Waals surface area contributed by atoms with E-state index in [1.165, 1.54) is 41.6 Å². The number of hydrogen-bond acceptors (Lipinski definition) is 6. The fourth-order valence-corrected chi connectivity index (χ4v) is 6.13. The predicted molar refractivity (Wildman–Crippen MR) is 152 cm³/mol. The zero-order valence-electron chi connectivity index (χ0n) is 24.3. The number of ether oxygens (including phenoxy) is 1. The van der Waals surface area contributed by atoms with Gasteiger partial charge < -0.3 is 14.7 Å². The molecule has 2 heterocycles. The van der Waals surface area contributed by atoms with Gasteiger partial charge in [0.05, 0.1) is 30.2 Å². The highest BCUT2D eigenvalue weighted by Gasteiger charge is 2.38. The maximum atomic E-state index is 14.0. The molecule has 2 aromatic heterocycles. The van der Waals surface area contributed by atoms with Crippen LogP contribution in [0.1, 0.15) is 86.7 Å². The van der Waals surface area contributed by atoms with Crippen molar-refractivity contribution in [2.45, 2.75) is 84.0 Å². The van der Waals surface area contributed by atoms with Gasteiger partial charge in [-0.3, -0.25) is 4.79 Å². The molecule has 0 atom stereocenters. The second-order valence-electron chi connectivity index (χ2n) is 11.9. The number of carbonyl (C=O) groups is 2. The Bertz CT molecular complexity index is 1430. The van der Waals surface area contributed by atoms with E-state index in [0.717, 1.165) is 57.4 Å². The molecule has 0 radical (unpaired) electrons. The number of benzene rings is 1. The van der Waals surface area contributed by atoms with Crippen molar-refractivity contribution >= 4 is 17.6 Å². The number of pyridine rings is 1. The van der Waals surface area contributed by atoms with Gasteiger partial charge in [0.1, 0.15) is 11.3 Å². The standard InChI is InChI=1S/C31H36F3N5O4/c1-19-3-7-22(8-4-19)29(40)39(23-9-5-20(2)6-10-23)27-12-11-24(16-25(27)30(41)42)43-28-26(31(32,33)34)15-21(17-35-28)18-38-36-13-14-37-38/h11-17,19-20,22-23H,3-10,18H2,1-2H3,(H,41,42)/t19-,20?,22-,23?. The van der Waals surface area contributed by atoms with Crippen molar-refractivity contribution in [1.29, 1.82) is 0 Å². The number of nitrogens with zero attached hydrogens (tertiary/aromatic N) is 5. The fraction of sp³-hybridized carbons (Fsp3) is 0.516. The van der Waals surface area contributed by atoms with Crippen LogP contribution in [0, 0.1) is 17.8 Å². The smallest absolute Gasteiger partial charge is 0.421 e. The number of aromatic carboxylic acids is 1.